The molecule has 0 aliphatic carbocycles. The molecule has 0 spiro atoms. The Morgan fingerprint density at radius 3 is 2.52 bits per heavy atom. The van der Waals surface area contributed by atoms with Gasteiger partial charge in [0.15, 0.2) is 5.60 Å². The molecule has 5 nitrogen and oxygen atoms in total. The van der Waals surface area contributed by atoms with Crippen LogP contribution in [0, 0.1) is 0 Å². The highest BCUT2D eigenvalue weighted by atomic mass is 16.5. The molecule has 23 heavy (non-hydrogen) atoms. The van der Waals surface area contributed by atoms with E-state index >= 15 is 0 Å². The fraction of sp³-hybridized carbons (Fsp3) is 0.611. The molecule has 0 aromatic heterocycles. The first-order valence-electron chi connectivity index (χ1n) is 8.66. The normalized spacial score (nSPS) is 20.4. The molecule has 1 saturated heterocycles. The van der Waals surface area contributed by atoms with Gasteiger partial charge in [0.05, 0.1) is 5.69 Å². The molecular weight excluding hydrogens is 292 g/mol. The van der Waals surface area contributed by atoms with Crippen molar-refractivity contribution in [2.75, 3.05) is 31.1 Å². The van der Waals surface area contributed by atoms with Crippen molar-refractivity contribution in [1.29, 1.82) is 0 Å². The zero-order chi connectivity index (χ0) is 16.4. The number of hydrogen-bond acceptors (Lipinski definition) is 4. The molecule has 1 amide bonds. The van der Waals surface area contributed by atoms with Crippen LogP contribution in [0.3, 0.4) is 0 Å². The smallest absolute Gasteiger partial charge is 0.271 e. The lowest BCUT2D eigenvalue weighted by atomic mass is 9.92. The molecule has 3 rings (SSSR count). The summed E-state index contributed by atoms with van der Waals surface area (Å²) in [5.74, 6) is 0.860. The Labute approximate surface area is 137 Å². The van der Waals surface area contributed by atoms with Crippen molar-refractivity contribution < 1.29 is 14.6 Å². The lowest BCUT2D eigenvalue weighted by Gasteiger charge is -2.42. The number of phenols is 1. The van der Waals surface area contributed by atoms with Crippen LogP contribution in [0.2, 0.25) is 0 Å². The monoisotopic (exact) mass is 318 g/mol. The first-order chi connectivity index (χ1) is 11.1. The van der Waals surface area contributed by atoms with Crippen LogP contribution in [-0.4, -0.2) is 47.7 Å². The van der Waals surface area contributed by atoms with Crippen molar-refractivity contribution >= 4 is 11.6 Å². The van der Waals surface area contributed by atoms with Crippen LogP contribution < -0.4 is 9.64 Å². The summed E-state index contributed by atoms with van der Waals surface area (Å²) < 4.78 is 6.07. The maximum atomic E-state index is 13.1. The number of carbonyl (C=O) groups is 1. The van der Waals surface area contributed by atoms with Gasteiger partial charge in [-0.3, -0.25) is 4.79 Å². The molecule has 1 fully saturated rings. The Bertz CT molecular complexity index is 578. The minimum Gasteiger partial charge on any atom is -0.508 e. The summed E-state index contributed by atoms with van der Waals surface area (Å²) in [5.41, 5.74) is -0.0960. The molecule has 5 heteroatoms. The van der Waals surface area contributed by atoms with E-state index < -0.39 is 5.60 Å². The minimum absolute atomic E-state index is 0.0137. The molecule has 0 unspecified atom stereocenters. The van der Waals surface area contributed by atoms with Crippen LogP contribution >= 0.6 is 0 Å². The van der Waals surface area contributed by atoms with Crippen LogP contribution in [0.5, 0.6) is 11.5 Å². The van der Waals surface area contributed by atoms with Gasteiger partial charge in [0.2, 0.25) is 0 Å². The van der Waals surface area contributed by atoms with Crippen molar-refractivity contribution in [2.45, 2.75) is 45.1 Å². The molecule has 1 aromatic carbocycles. The fourth-order valence-electron chi connectivity index (χ4n) is 3.58. The van der Waals surface area contributed by atoms with E-state index in [1.807, 2.05) is 18.7 Å². The van der Waals surface area contributed by atoms with Crippen LogP contribution in [-0.2, 0) is 4.79 Å². The van der Waals surface area contributed by atoms with Crippen molar-refractivity contribution in [1.82, 2.24) is 4.90 Å². The van der Waals surface area contributed by atoms with Gasteiger partial charge >= 0.3 is 0 Å². The highest BCUT2D eigenvalue weighted by Gasteiger charge is 2.45. The number of hydrogen-bond donors (Lipinski definition) is 1. The van der Waals surface area contributed by atoms with Crippen LogP contribution in [0.1, 0.15) is 39.5 Å². The predicted molar refractivity (Wildman–Crippen MR) is 90.1 cm³/mol. The van der Waals surface area contributed by atoms with E-state index in [4.69, 9.17) is 4.74 Å². The number of fused-ring (bicyclic) bond motifs is 1. The number of nitrogens with zero attached hydrogens (tertiary/aromatic N) is 2. The third-order valence-electron chi connectivity index (χ3n) is 5.15. The Kier molecular flexibility index (Phi) is 4.48. The summed E-state index contributed by atoms with van der Waals surface area (Å²) in [6.45, 7) is 7.71. The number of carbonyl (C=O) groups excluding carboxylic acids is 1. The number of likely N-dealkylation sites (tertiary alicyclic amines) is 1. The third kappa shape index (κ3) is 2.90. The standard InChI is InChI=1S/C18H26N2O3/c1-3-18(4-2)17(22)20(12-11-19-9-5-6-10-19)15-13-14(21)7-8-16(15)23-18/h7-8,13,21H,3-6,9-12H2,1-2H3. The number of aromatic hydroxyl groups is 1. The Hall–Kier alpha value is -1.75. The summed E-state index contributed by atoms with van der Waals surface area (Å²) in [6.07, 6.45) is 3.76. The van der Waals surface area contributed by atoms with Crippen molar-refractivity contribution in [2.24, 2.45) is 0 Å². The van der Waals surface area contributed by atoms with Gasteiger partial charge in [-0.25, -0.2) is 0 Å². The second-order valence-corrected chi connectivity index (χ2v) is 6.46. The van der Waals surface area contributed by atoms with Gasteiger partial charge in [-0.2, -0.15) is 0 Å². The van der Waals surface area contributed by atoms with E-state index in [9.17, 15) is 9.90 Å². The maximum absolute atomic E-state index is 13.1. The second kappa shape index (κ2) is 6.40. The largest absolute Gasteiger partial charge is 0.508 e. The third-order valence-corrected chi connectivity index (χ3v) is 5.15. The van der Waals surface area contributed by atoms with Gasteiger partial charge in [-0.05, 0) is 50.9 Å². The fourth-order valence-corrected chi connectivity index (χ4v) is 3.58. The summed E-state index contributed by atoms with van der Waals surface area (Å²) in [4.78, 5) is 17.3. The second-order valence-electron chi connectivity index (χ2n) is 6.46. The Morgan fingerprint density at radius 2 is 1.87 bits per heavy atom. The topological polar surface area (TPSA) is 53.0 Å². The molecular formula is C18H26N2O3. The number of rotatable bonds is 5. The zero-order valence-electron chi connectivity index (χ0n) is 14.0. The number of amides is 1. The van der Waals surface area contributed by atoms with Gasteiger partial charge in [-0.15, -0.1) is 0 Å². The first-order valence-corrected chi connectivity index (χ1v) is 8.66. The molecule has 2 heterocycles. The number of ether oxygens (including phenoxy) is 1. The van der Waals surface area contributed by atoms with Crippen molar-refractivity contribution in [3.05, 3.63) is 18.2 Å². The maximum Gasteiger partial charge on any atom is 0.271 e. The quantitative estimate of drug-likeness (QED) is 0.907. The SMILES string of the molecule is CCC1(CC)Oc2ccc(O)cc2N(CCN2CCCC2)C1=O. The molecule has 0 bridgehead atoms. The molecule has 126 valence electrons. The van der Waals surface area contributed by atoms with Gasteiger partial charge in [-0.1, -0.05) is 13.8 Å². The van der Waals surface area contributed by atoms with E-state index in [2.05, 4.69) is 4.90 Å². The highest BCUT2D eigenvalue weighted by Crippen LogP contribution is 2.42. The van der Waals surface area contributed by atoms with E-state index in [-0.39, 0.29) is 11.7 Å². The summed E-state index contributed by atoms with van der Waals surface area (Å²) >= 11 is 0. The summed E-state index contributed by atoms with van der Waals surface area (Å²) in [7, 11) is 0. The van der Waals surface area contributed by atoms with E-state index in [0.29, 0.717) is 30.8 Å². The first kappa shape index (κ1) is 16.1. The minimum atomic E-state index is -0.783. The molecule has 0 radical (unpaired) electrons. The molecule has 0 atom stereocenters. The summed E-state index contributed by atoms with van der Waals surface area (Å²) in [5, 5.41) is 9.81. The van der Waals surface area contributed by atoms with Gasteiger partial charge in [0.25, 0.3) is 5.91 Å². The molecule has 1 N–H and O–H groups in total. The van der Waals surface area contributed by atoms with Gasteiger partial charge < -0.3 is 19.6 Å². The Balaban J connectivity index is 1.90. The van der Waals surface area contributed by atoms with Crippen LogP contribution in [0.15, 0.2) is 18.2 Å². The predicted octanol–water partition coefficient (Wildman–Crippen LogP) is 2.77. The average Bonchev–Trinajstić information content (AvgIpc) is 3.07. The van der Waals surface area contributed by atoms with E-state index in [0.717, 1.165) is 19.6 Å². The van der Waals surface area contributed by atoms with Gasteiger partial charge in [0, 0.05) is 19.2 Å². The zero-order valence-corrected chi connectivity index (χ0v) is 14.0. The molecule has 2 aliphatic rings. The van der Waals surface area contributed by atoms with Gasteiger partial charge in [0.1, 0.15) is 11.5 Å². The van der Waals surface area contributed by atoms with E-state index in [1.54, 1.807) is 18.2 Å². The molecule has 0 saturated carbocycles. The van der Waals surface area contributed by atoms with Crippen LogP contribution in [0.25, 0.3) is 0 Å². The highest BCUT2D eigenvalue weighted by molar-refractivity contribution is 6.03. The van der Waals surface area contributed by atoms with Crippen molar-refractivity contribution in [3.8, 4) is 11.5 Å². The van der Waals surface area contributed by atoms with E-state index in [1.165, 1.54) is 12.8 Å². The Morgan fingerprint density at radius 1 is 1.17 bits per heavy atom. The number of phenolic OH excluding ortho intramolecular Hbond substituents is 1. The number of benzene rings is 1. The molecule has 1 aromatic rings. The average molecular weight is 318 g/mol. The molecule has 2 aliphatic heterocycles. The lowest BCUT2D eigenvalue weighted by Crippen LogP contribution is -2.56. The van der Waals surface area contributed by atoms with Crippen LogP contribution in [0.4, 0.5) is 5.69 Å². The lowest BCUT2D eigenvalue weighted by molar-refractivity contribution is -0.136. The number of anilines is 1. The van der Waals surface area contributed by atoms with Crippen molar-refractivity contribution in [3.63, 3.8) is 0 Å². The summed E-state index contributed by atoms with van der Waals surface area (Å²) in [6, 6.07) is 5.01.